The van der Waals surface area contributed by atoms with Crippen LogP contribution in [0.2, 0.25) is 0 Å². The molecule has 0 aromatic heterocycles. The quantitative estimate of drug-likeness (QED) is 0.548. The molecule has 0 amide bonds. The molecule has 13 heavy (non-hydrogen) atoms. The molecule has 1 aromatic carbocycles. The lowest BCUT2D eigenvalue weighted by molar-refractivity contribution is 1.00. The number of nitrogens with two attached hydrogens (primary N) is 1. The fourth-order valence-electron chi connectivity index (χ4n) is 1.22. The van der Waals surface area contributed by atoms with Crippen LogP contribution in [0.3, 0.4) is 0 Å². The summed E-state index contributed by atoms with van der Waals surface area (Å²) in [4.78, 5) is 0. The van der Waals surface area contributed by atoms with Gasteiger partial charge < -0.3 is 11.1 Å². The van der Waals surface area contributed by atoms with Crippen molar-refractivity contribution in [2.24, 2.45) is 0 Å². The van der Waals surface area contributed by atoms with Crippen LogP contribution in [0, 0.1) is 6.92 Å². The third-order valence-corrected chi connectivity index (χ3v) is 1.85. The third kappa shape index (κ3) is 2.82. The third-order valence-electron chi connectivity index (χ3n) is 1.85. The van der Waals surface area contributed by atoms with Crippen LogP contribution in [0.25, 0.3) is 0 Å². The molecule has 2 heteroatoms. The Balaban J connectivity index is 2.82. The summed E-state index contributed by atoms with van der Waals surface area (Å²) in [7, 11) is 0. The van der Waals surface area contributed by atoms with E-state index in [1.807, 2.05) is 32.1 Å². The van der Waals surface area contributed by atoms with Crippen LogP contribution in [-0.2, 0) is 0 Å². The molecule has 1 unspecified atom stereocenters. The van der Waals surface area contributed by atoms with Crippen molar-refractivity contribution in [3.8, 4) is 0 Å². The lowest BCUT2D eigenvalue weighted by Gasteiger charge is -2.11. The molecule has 0 spiro atoms. The van der Waals surface area contributed by atoms with Gasteiger partial charge in [-0.15, -0.1) is 6.58 Å². The second-order valence-electron chi connectivity index (χ2n) is 3.30. The van der Waals surface area contributed by atoms with Crippen molar-refractivity contribution in [2.45, 2.75) is 19.9 Å². The van der Waals surface area contributed by atoms with Crippen LogP contribution >= 0.6 is 0 Å². The summed E-state index contributed by atoms with van der Waals surface area (Å²) in [5, 5.41) is 3.28. The van der Waals surface area contributed by atoms with E-state index >= 15 is 0 Å². The van der Waals surface area contributed by atoms with Crippen molar-refractivity contribution in [1.82, 2.24) is 0 Å². The van der Waals surface area contributed by atoms with Crippen molar-refractivity contribution in [3.63, 3.8) is 0 Å². The van der Waals surface area contributed by atoms with Gasteiger partial charge >= 0.3 is 0 Å². The van der Waals surface area contributed by atoms with Gasteiger partial charge in [0.05, 0.1) is 0 Å². The number of nitrogens with one attached hydrogen (secondary N) is 1. The van der Waals surface area contributed by atoms with Crippen LogP contribution in [0.4, 0.5) is 11.4 Å². The van der Waals surface area contributed by atoms with Gasteiger partial charge in [0.2, 0.25) is 0 Å². The Morgan fingerprint density at radius 3 is 2.69 bits per heavy atom. The summed E-state index contributed by atoms with van der Waals surface area (Å²) >= 11 is 0. The van der Waals surface area contributed by atoms with Gasteiger partial charge in [-0.3, -0.25) is 0 Å². The first kappa shape index (κ1) is 9.65. The molecule has 1 rings (SSSR count). The van der Waals surface area contributed by atoms with Gasteiger partial charge in [0.25, 0.3) is 0 Å². The topological polar surface area (TPSA) is 38.0 Å². The monoisotopic (exact) mass is 176 g/mol. The zero-order valence-corrected chi connectivity index (χ0v) is 8.17. The van der Waals surface area contributed by atoms with E-state index < -0.39 is 0 Å². The number of nitrogen functional groups attached to an aromatic ring is 1. The predicted molar refractivity (Wildman–Crippen MR) is 58.9 cm³/mol. The Morgan fingerprint density at radius 2 is 2.15 bits per heavy atom. The Hall–Kier alpha value is -1.44. The summed E-state index contributed by atoms with van der Waals surface area (Å²) in [6.45, 7) is 7.78. The Labute approximate surface area is 79.5 Å². The van der Waals surface area contributed by atoms with E-state index in [1.165, 1.54) is 5.56 Å². The van der Waals surface area contributed by atoms with Crippen LogP contribution in [0.1, 0.15) is 12.5 Å². The minimum Gasteiger partial charge on any atom is -0.399 e. The maximum Gasteiger partial charge on any atom is 0.0413 e. The lowest BCUT2D eigenvalue weighted by Crippen LogP contribution is -2.11. The van der Waals surface area contributed by atoms with E-state index in [0.717, 1.165) is 11.4 Å². The Morgan fingerprint density at radius 1 is 1.46 bits per heavy atom. The molecule has 3 N–H and O–H groups in total. The predicted octanol–water partition coefficient (Wildman–Crippen LogP) is 2.56. The minimum atomic E-state index is 0.265. The molecule has 0 saturated carbocycles. The zero-order valence-electron chi connectivity index (χ0n) is 8.17. The number of rotatable bonds is 3. The van der Waals surface area contributed by atoms with Crippen LogP contribution in [0.15, 0.2) is 30.9 Å². The van der Waals surface area contributed by atoms with Crippen LogP contribution < -0.4 is 11.1 Å². The smallest absolute Gasteiger partial charge is 0.0413 e. The molecule has 0 bridgehead atoms. The molecule has 0 aliphatic heterocycles. The molecule has 0 aliphatic rings. The summed E-state index contributed by atoms with van der Waals surface area (Å²) in [5.41, 5.74) is 8.71. The largest absolute Gasteiger partial charge is 0.399 e. The molecule has 1 atom stereocenters. The summed E-state index contributed by atoms with van der Waals surface area (Å²) in [5.74, 6) is 0. The van der Waals surface area contributed by atoms with E-state index in [9.17, 15) is 0 Å². The van der Waals surface area contributed by atoms with Gasteiger partial charge in [0.15, 0.2) is 0 Å². The molecule has 70 valence electrons. The van der Waals surface area contributed by atoms with Gasteiger partial charge in [0, 0.05) is 17.4 Å². The number of benzene rings is 1. The van der Waals surface area contributed by atoms with Crippen LogP contribution in [-0.4, -0.2) is 6.04 Å². The van der Waals surface area contributed by atoms with Crippen molar-refractivity contribution >= 4 is 11.4 Å². The summed E-state index contributed by atoms with van der Waals surface area (Å²) < 4.78 is 0. The first-order valence-electron chi connectivity index (χ1n) is 4.38. The highest BCUT2D eigenvalue weighted by molar-refractivity contribution is 5.57. The van der Waals surface area contributed by atoms with E-state index in [4.69, 9.17) is 5.73 Å². The molecule has 0 radical (unpaired) electrons. The van der Waals surface area contributed by atoms with Gasteiger partial charge in [-0.25, -0.2) is 0 Å². The average molecular weight is 176 g/mol. The normalized spacial score (nSPS) is 12.2. The van der Waals surface area contributed by atoms with Crippen molar-refractivity contribution in [3.05, 3.63) is 36.4 Å². The van der Waals surface area contributed by atoms with Crippen LogP contribution in [0.5, 0.6) is 0 Å². The lowest BCUT2D eigenvalue weighted by atomic mass is 10.2. The van der Waals surface area contributed by atoms with E-state index in [2.05, 4.69) is 18.0 Å². The van der Waals surface area contributed by atoms with E-state index in [1.54, 1.807) is 0 Å². The molecule has 0 aliphatic carbocycles. The Bertz CT molecular complexity index is 285. The number of aryl methyl sites for hydroxylation is 1. The van der Waals surface area contributed by atoms with Gasteiger partial charge in [-0.1, -0.05) is 6.08 Å². The molecule has 0 saturated heterocycles. The van der Waals surface area contributed by atoms with Gasteiger partial charge in [-0.05, 0) is 37.6 Å². The molecular weight excluding hydrogens is 160 g/mol. The minimum absolute atomic E-state index is 0.265. The van der Waals surface area contributed by atoms with Crippen molar-refractivity contribution in [1.29, 1.82) is 0 Å². The molecule has 1 aromatic rings. The second kappa shape index (κ2) is 3.99. The maximum atomic E-state index is 5.71. The molecule has 0 fully saturated rings. The summed E-state index contributed by atoms with van der Waals surface area (Å²) in [6, 6.07) is 6.20. The van der Waals surface area contributed by atoms with Gasteiger partial charge in [-0.2, -0.15) is 0 Å². The standard InChI is InChI=1S/C11H16N2/c1-4-9(3)13-11-6-8(2)5-10(12)7-11/h4-7,9,13H,1,12H2,2-3H3. The highest BCUT2D eigenvalue weighted by atomic mass is 14.9. The molecule has 0 heterocycles. The van der Waals surface area contributed by atoms with Crippen molar-refractivity contribution in [2.75, 3.05) is 11.1 Å². The fraction of sp³-hybridized carbons (Fsp3) is 0.273. The molecular formula is C11H16N2. The highest BCUT2D eigenvalue weighted by Gasteiger charge is 1.98. The SMILES string of the molecule is C=CC(C)Nc1cc(C)cc(N)c1. The second-order valence-corrected chi connectivity index (χ2v) is 3.30. The highest BCUT2D eigenvalue weighted by Crippen LogP contribution is 2.16. The number of hydrogen-bond donors (Lipinski definition) is 2. The average Bonchev–Trinajstić information content (AvgIpc) is 2.02. The zero-order chi connectivity index (χ0) is 9.84. The number of hydrogen-bond acceptors (Lipinski definition) is 2. The number of anilines is 2. The molecule has 2 nitrogen and oxygen atoms in total. The van der Waals surface area contributed by atoms with Gasteiger partial charge in [0.1, 0.15) is 0 Å². The van der Waals surface area contributed by atoms with E-state index in [0.29, 0.717) is 0 Å². The Kier molecular flexibility index (Phi) is 2.96. The first-order valence-corrected chi connectivity index (χ1v) is 4.38. The maximum absolute atomic E-state index is 5.71. The first-order chi connectivity index (χ1) is 6.11. The fourth-order valence-corrected chi connectivity index (χ4v) is 1.22. The summed E-state index contributed by atoms with van der Waals surface area (Å²) in [6.07, 6.45) is 1.86. The van der Waals surface area contributed by atoms with Crippen molar-refractivity contribution < 1.29 is 0 Å². The van der Waals surface area contributed by atoms with E-state index in [-0.39, 0.29) is 6.04 Å².